The van der Waals surface area contributed by atoms with Crippen molar-refractivity contribution in [3.63, 3.8) is 0 Å². The highest BCUT2D eigenvalue weighted by atomic mass is 31.2. The topological polar surface area (TPSA) is 85.7 Å². The molecule has 0 aliphatic carbocycles. The number of hydrogen-bond donors (Lipinski definition) is 1. The molecule has 9 heteroatoms. The van der Waals surface area contributed by atoms with E-state index in [2.05, 4.69) is 42.3 Å². The fourth-order valence-corrected chi connectivity index (χ4v) is 4.70. The molecule has 1 heterocycles. The predicted molar refractivity (Wildman–Crippen MR) is 121 cm³/mol. The van der Waals surface area contributed by atoms with E-state index in [1.54, 1.807) is 12.1 Å². The molecule has 2 rings (SSSR count). The molecule has 1 N–H and O–H groups in total. The average Bonchev–Trinajstić information content (AvgIpc) is 2.73. The molecular formula is C22H31N2O6P. The third-order valence-electron chi connectivity index (χ3n) is 4.34. The van der Waals surface area contributed by atoms with Gasteiger partial charge in [0.2, 0.25) is 7.98 Å². The van der Waals surface area contributed by atoms with E-state index in [-0.39, 0.29) is 45.1 Å². The third kappa shape index (κ3) is 7.97. The van der Waals surface area contributed by atoms with Crippen molar-refractivity contribution in [2.75, 3.05) is 26.4 Å². The molecule has 2 aromatic rings. The van der Waals surface area contributed by atoms with Crippen LogP contribution in [0.5, 0.6) is 0 Å². The Bertz CT molecular complexity index is 925. The first-order valence-electron chi connectivity index (χ1n) is 10.7. The van der Waals surface area contributed by atoms with Crippen molar-refractivity contribution in [1.29, 1.82) is 1.43 Å². The summed E-state index contributed by atoms with van der Waals surface area (Å²) >= 11 is 0. The summed E-state index contributed by atoms with van der Waals surface area (Å²) in [6, 6.07) is 8.97. The predicted octanol–water partition coefficient (Wildman–Crippen LogP) is 3.97. The van der Waals surface area contributed by atoms with Gasteiger partial charge in [-0.1, -0.05) is 12.1 Å². The lowest BCUT2D eigenvalue weighted by atomic mass is 10.1. The fourth-order valence-electron chi connectivity index (χ4n) is 3.03. The summed E-state index contributed by atoms with van der Waals surface area (Å²) in [7, 11) is -1.47. The Morgan fingerprint density at radius 2 is 2.00 bits per heavy atom. The molecule has 0 aliphatic heterocycles. The summed E-state index contributed by atoms with van der Waals surface area (Å²) in [5.41, 5.74) is 0.948. The van der Waals surface area contributed by atoms with E-state index in [0.717, 1.165) is 10.9 Å². The largest absolute Gasteiger partial charge is 0.423 e. The monoisotopic (exact) mass is 451 g/mol. The Kier molecular flexibility index (Phi) is 9.88. The molecule has 1 aromatic heterocycles. The number of rotatable bonds is 14. The van der Waals surface area contributed by atoms with E-state index < -0.39 is 20.3 Å². The van der Waals surface area contributed by atoms with Crippen LogP contribution in [0.15, 0.2) is 39.5 Å². The van der Waals surface area contributed by atoms with Crippen molar-refractivity contribution in [1.82, 2.24) is 4.67 Å². The normalized spacial score (nSPS) is 14.2. The Morgan fingerprint density at radius 1 is 1.26 bits per heavy atom. The van der Waals surface area contributed by atoms with Gasteiger partial charge in [-0.2, -0.15) is 0 Å². The summed E-state index contributed by atoms with van der Waals surface area (Å²) in [6.07, 6.45) is -0.523. The molecule has 8 nitrogen and oxygen atoms in total. The summed E-state index contributed by atoms with van der Waals surface area (Å²) in [5, 5.41) is 5.42. The summed E-state index contributed by atoms with van der Waals surface area (Å²) < 4.78 is 32.4. The Balaban J connectivity index is 2.03. The zero-order valence-corrected chi connectivity index (χ0v) is 19.3. The van der Waals surface area contributed by atoms with Gasteiger partial charge in [0.05, 0.1) is 19.8 Å². The van der Waals surface area contributed by atoms with Gasteiger partial charge in [-0.3, -0.25) is 0 Å². The molecule has 0 bridgehead atoms. The molecule has 0 saturated carbocycles. The van der Waals surface area contributed by atoms with Crippen molar-refractivity contribution in [2.45, 2.75) is 52.5 Å². The van der Waals surface area contributed by atoms with Gasteiger partial charge in [0, 0.05) is 23.5 Å². The van der Waals surface area contributed by atoms with E-state index in [4.69, 9.17) is 26.2 Å². The van der Waals surface area contributed by atoms with Crippen LogP contribution >= 0.6 is 8.53 Å². The van der Waals surface area contributed by atoms with Gasteiger partial charge in [0.25, 0.3) is 8.53 Å². The first-order valence-corrected chi connectivity index (χ1v) is 11.4. The lowest BCUT2D eigenvalue weighted by Crippen LogP contribution is -2.36. The molecule has 0 fully saturated rings. The molecule has 31 heavy (non-hydrogen) atoms. The Labute approximate surface area is 186 Å². The number of nitrogens with zero attached hydrogens (tertiary/aromatic N) is 2. The van der Waals surface area contributed by atoms with Crippen LogP contribution in [-0.4, -0.2) is 55.8 Å². The second-order valence-corrected chi connectivity index (χ2v) is 8.96. The molecule has 2 unspecified atom stereocenters. The third-order valence-corrected chi connectivity index (χ3v) is 6.52. The highest BCUT2D eigenvalue weighted by Gasteiger charge is 2.30. The molecule has 0 aliphatic rings. The van der Waals surface area contributed by atoms with Crippen LogP contribution in [0.3, 0.4) is 0 Å². The van der Waals surface area contributed by atoms with E-state index in [0.29, 0.717) is 5.58 Å². The zero-order valence-electron chi connectivity index (χ0n) is 19.4. The van der Waals surface area contributed by atoms with Gasteiger partial charge in [-0.25, -0.2) is 16.0 Å². The lowest BCUT2D eigenvalue weighted by Gasteiger charge is -2.36. The van der Waals surface area contributed by atoms with Crippen molar-refractivity contribution >= 4 is 19.5 Å². The number of hydrogen-bond acceptors (Lipinski definition) is 7. The lowest BCUT2D eigenvalue weighted by molar-refractivity contribution is 0.00432. The average molecular weight is 451 g/mol. The quantitative estimate of drug-likeness (QED) is 0.201. The number of ether oxygens (including phenoxy) is 1. The van der Waals surface area contributed by atoms with Crippen LogP contribution in [0.25, 0.3) is 15.8 Å². The molecule has 0 saturated heterocycles. The molecule has 0 radical (unpaired) electrons. The molecule has 1 aromatic carbocycles. The first-order chi connectivity index (χ1) is 15.3. The van der Waals surface area contributed by atoms with Gasteiger partial charge in [-0.05, 0) is 45.4 Å². The Morgan fingerprint density at radius 3 is 2.68 bits per heavy atom. The molecular weight excluding hydrogens is 419 g/mol. The van der Waals surface area contributed by atoms with Crippen LogP contribution in [0.2, 0.25) is 0 Å². The smallest absolute Gasteiger partial charge is 0.336 e. The maximum Gasteiger partial charge on any atom is 0.336 e. The van der Waals surface area contributed by atoms with Crippen molar-refractivity contribution in [3.8, 4) is 0 Å². The maximum absolute atomic E-state index is 11.4. The number of benzene rings is 1. The van der Waals surface area contributed by atoms with Crippen molar-refractivity contribution < 1.29 is 23.3 Å². The highest BCUT2D eigenvalue weighted by Crippen LogP contribution is 2.46. The number of fused-ring (bicyclic) bond motifs is 1. The van der Waals surface area contributed by atoms with Gasteiger partial charge in [0.1, 0.15) is 18.3 Å². The van der Waals surface area contributed by atoms with Crippen LogP contribution < -0.4 is 5.63 Å². The molecule has 2 atom stereocenters. The highest BCUT2D eigenvalue weighted by molar-refractivity contribution is 7.44. The second kappa shape index (κ2) is 12.9. The summed E-state index contributed by atoms with van der Waals surface area (Å²) in [4.78, 5) is 14.8. The van der Waals surface area contributed by atoms with Crippen LogP contribution in [0.1, 0.15) is 33.3 Å². The minimum Gasteiger partial charge on any atom is -0.423 e. The minimum absolute atomic E-state index is 0.0155. The first kappa shape index (κ1) is 23.8. The molecule has 0 amide bonds. The van der Waals surface area contributed by atoms with Crippen molar-refractivity contribution in [2.24, 2.45) is 0 Å². The fraction of sp³-hybridized carbons (Fsp3) is 0.545. The van der Waals surface area contributed by atoms with Gasteiger partial charge >= 0.3 is 5.63 Å². The van der Waals surface area contributed by atoms with E-state index >= 15 is 0 Å². The summed E-state index contributed by atoms with van der Waals surface area (Å²) in [6.45, 7) is 16.2. The zero-order chi connectivity index (χ0) is 23.5. The molecule has 0 spiro atoms. The number of aliphatic hydroxyl groups is 1. The van der Waals surface area contributed by atoms with Gasteiger partial charge < -0.3 is 28.2 Å². The minimum atomic E-state index is -1.47. The molecule has 170 valence electrons. The van der Waals surface area contributed by atoms with Crippen LogP contribution in [-0.2, 0) is 20.4 Å². The number of aliphatic hydroxyl groups excluding tert-OH is 1. The van der Waals surface area contributed by atoms with E-state index in [1.165, 1.54) is 6.07 Å². The SMILES string of the molecule is [2H]OCC(COCc1ccc2ccc(=O)oc2c1)OP(OCC[N+]#[C-])N(C(C)C)C(C)C. The maximum atomic E-state index is 11.4. The second-order valence-electron chi connectivity index (χ2n) is 7.56. The van der Waals surface area contributed by atoms with Crippen molar-refractivity contribution in [3.05, 3.63) is 57.7 Å². The van der Waals surface area contributed by atoms with E-state index in [1.807, 2.05) is 12.1 Å². The van der Waals surface area contributed by atoms with E-state index in [9.17, 15) is 4.79 Å². The van der Waals surface area contributed by atoms with Gasteiger partial charge in [0.15, 0.2) is 0 Å². The standard InChI is InChI=1S/C22H31N2O6P/c1-16(2)24(17(3)4)31(28-11-10-23-5)30-20(13-25)15-27-14-18-6-7-19-8-9-22(26)29-21(19)12-18/h6-9,12,16-17,20,25H,10-11,13-15H2,1-4H3/i25D. The summed E-state index contributed by atoms with van der Waals surface area (Å²) in [5.74, 6) is 0. The van der Waals surface area contributed by atoms with Crippen LogP contribution in [0, 0.1) is 6.57 Å². The van der Waals surface area contributed by atoms with Gasteiger partial charge in [-0.15, -0.1) is 0 Å². The van der Waals surface area contributed by atoms with Crippen LogP contribution in [0.4, 0.5) is 0 Å². The Hall–Kier alpha value is -1.85.